The van der Waals surface area contributed by atoms with Crippen LogP contribution in [0.4, 0.5) is 5.69 Å². The third-order valence-corrected chi connectivity index (χ3v) is 3.97. The molecule has 1 heterocycles. The predicted octanol–water partition coefficient (Wildman–Crippen LogP) is 1.93. The Balaban J connectivity index is 1.93. The molecular weight excluding hydrogens is 336 g/mol. The summed E-state index contributed by atoms with van der Waals surface area (Å²) in [7, 11) is 2.97. The van der Waals surface area contributed by atoms with E-state index in [2.05, 4.69) is 5.32 Å². The molecule has 0 aromatic heterocycles. The van der Waals surface area contributed by atoms with Gasteiger partial charge in [0.2, 0.25) is 11.8 Å². The molecule has 0 bridgehead atoms. The molecule has 8 heteroatoms. The first-order valence-corrected chi connectivity index (χ1v) is 8.00. The number of halogens is 1. The molecule has 0 saturated carbocycles. The van der Waals surface area contributed by atoms with E-state index in [0.717, 1.165) is 0 Å². The summed E-state index contributed by atoms with van der Waals surface area (Å²) in [6.45, 7) is 2.23. The van der Waals surface area contributed by atoms with Gasteiger partial charge in [0.05, 0.1) is 38.1 Å². The van der Waals surface area contributed by atoms with E-state index in [0.29, 0.717) is 48.5 Å². The first kappa shape index (κ1) is 18.4. The van der Waals surface area contributed by atoms with Crippen molar-refractivity contribution >= 4 is 29.1 Å². The molecule has 2 rings (SSSR count). The maximum absolute atomic E-state index is 12.1. The summed E-state index contributed by atoms with van der Waals surface area (Å²) in [6.07, 6.45) is 0.239. The zero-order valence-corrected chi connectivity index (χ0v) is 14.5. The van der Waals surface area contributed by atoms with Crippen molar-refractivity contribution in [1.29, 1.82) is 0 Å². The second-order valence-corrected chi connectivity index (χ2v) is 5.64. The monoisotopic (exact) mass is 356 g/mol. The van der Waals surface area contributed by atoms with Gasteiger partial charge in [0, 0.05) is 38.1 Å². The number of carbonyl (C=O) groups excluding carboxylic acids is 2. The second kappa shape index (κ2) is 8.75. The molecule has 0 unspecified atom stereocenters. The van der Waals surface area contributed by atoms with Gasteiger partial charge in [-0.3, -0.25) is 9.59 Å². The zero-order chi connectivity index (χ0) is 17.5. The van der Waals surface area contributed by atoms with Gasteiger partial charge in [0.15, 0.2) is 0 Å². The molecule has 7 nitrogen and oxygen atoms in total. The Morgan fingerprint density at radius 3 is 2.46 bits per heavy atom. The Kier molecular flexibility index (Phi) is 6.69. The average Bonchev–Trinajstić information content (AvgIpc) is 2.61. The van der Waals surface area contributed by atoms with Gasteiger partial charge in [-0.1, -0.05) is 11.6 Å². The number of benzene rings is 1. The van der Waals surface area contributed by atoms with Gasteiger partial charge in [-0.15, -0.1) is 0 Å². The van der Waals surface area contributed by atoms with E-state index in [9.17, 15) is 9.59 Å². The van der Waals surface area contributed by atoms with Crippen LogP contribution in [0.5, 0.6) is 11.5 Å². The molecule has 1 aromatic rings. The van der Waals surface area contributed by atoms with Gasteiger partial charge < -0.3 is 24.4 Å². The summed E-state index contributed by atoms with van der Waals surface area (Å²) in [5.74, 6) is 0.527. The number of methoxy groups -OCH3 is 2. The number of rotatable bonds is 6. The minimum Gasteiger partial charge on any atom is -0.495 e. The molecule has 1 aromatic carbocycles. The fourth-order valence-corrected chi connectivity index (χ4v) is 2.59. The number of hydrogen-bond acceptors (Lipinski definition) is 5. The Labute approximate surface area is 145 Å². The summed E-state index contributed by atoms with van der Waals surface area (Å²) in [5, 5.41) is 3.11. The van der Waals surface area contributed by atoms with Crippen LogP contribution in [0, 0.1) is 0 Å². The van der Waals surface area contributed by atoms with Crippen molar-refractivity contribution in [2.45, 2.75) is 12.8 Å². The van der Waals surface area contributed by atoms with Crippen LogP contribution in [-0.2, 0) is 14.3 Å². The third-order valence-electron chi connectivity index (χ3n) is 3.68. The van der Waals surface area contributed by atoms with E-state index in [1.54, 1.807) is 17.0 Å². The van der Waals surface area contributed by atoms with E-state index in [1.165, 1.54) is 14.2 Å². The van der Waals surface area contributed by atoms with Crippen molar-refractivity contribution in [3.8, 4) is 11.5 Å². The molecular formula is C16H21ClN2O5. The largest absolute Gasteiger partial charge is 0.495 e. The van der Waals surface area contributed by atoms with Crippen molar-refractivity contribution in [2.24, 2.45) is 0 Å². The highest BCUT2D eigenvalue weighted by Crippen LogP contribution is 2.35. The summed E-state index contributed by atoms with van der Waals surface area (Å²) < 4.78 is 15.5. The van der Waals surface area contributed by atoms with Crippen LogP contribution in [-0.4, -0.2) is 57.2 Å². The van der Waals surface area contributed by atoms with Crippen LogP contribution < -0.4 is 14.8 Å². The summed E-state index contributed by atoms with van der Waals surface area (Å²) >= 11 is 6.03. The van der Waals surface area contributed by atoms with Crippen LogP contribution in [0.25, 0.3) is 0 Å². The highest BCUT2D eigenvalue weighted by Gasteiger charge is 2.18. The van der Waals surface area contributed by atoms with Gasteiger partial charge in [0.1, 0.15) is 11.5 Å². The zero-order valence-electron chi connectivity index (χ0n) is 13.8. The average molecular weight is 357 g/mol. The van der Waals surface area contributed by atoms with E-state index in [4.69, 9.17) is 25.8 Å². The fourth-order valence-electron chi connectivity index (χ4n) is 2.36. The first-order chi connectivity index (χ1) is 11.5. The van der Waals surface area contributed by atoms with Gasteiger partial charge in [-0.2, -0.15) is 0 Å². The molecule has 0 atom stereocenters. The molecule has 2 amide bonds. The van der Waals surface area contributed by atoms with Gasteiger partial charge in [0.25, 0.3) is 0 Å². The van der Waals surface area contributed by atoms with E-state index in [-0.39, 0.29) is 24.7 Å². The fraction of sp³-hybridized carbons (Fsp3) is 0.500. The quantitative estimate of drug-likeness (QED) is 0.842. The standard InChI is InChI=1S/C16H21ClN2O5/c1-22-13-10-12(14(23-2)9-11(13)17)18-15(20)3-4-16(21)19-5-7-24-8-6-19/h9-10H,3-8H2,1-2H3,(H,18,20). The normalized spacial score (nSPS) is 14.2. The SMILES string of the molecule is COc1cc(NC(=O)CCC(=O)N2CCOCC2)c(OC)cc1Cl. The Bertz CT molecular complexity index is 602. The van der Waals surface area contributed by atoms with Crippen LogP contribution in [0.2, 0.25) is 5.02 Å². The number of ether oxygens (including phenoxy) is 3. The maximum atomic E-state index is 12.1. The highest BCUT2D eigenvalue weighted by atomic mass is 35.5. The number of amides is 2. The van der Waals surface area contributed by atoms with E-state index >= 15 is 0 Å². The molecule has 1 N–H and O–H groups in total. The van der Waals surface area contributed by atoms with Gasteiger partial charge >= 0.3 is 0 Å². The third kappa shape index (κ3) is 4.75. The molecule has 0 radical (unpaired) electrons. The number of morpholine rings is 1. The Morgan fingerprint density at radius 1 is 1.17 bits per heavy atom. The van der Waals surface area contributed by atoms with Crippen molar-refractivity contribution < 1.29 is 23.8 Å². The van der Waals surface area contributed by atoms with Gasteiger partial charge in [-0.05, 0) is 0 Å². The van der Waals surface area contributed by atoms with Crippen LogP contribution >= 0.6 is 11.6 Å². The lowest BCUT2D eigenvalue weighted by atomic mass is 10.2. The van der Waals surface area contributed by atoms with Crippen molar-refractivity contribution in [3.05, 3.63) is 17.2 Å². The molecule has 0 spiro atoms. The smallest absolute Gasteiger partial charge is 0.224 e. The van der Waals surface area contributed by atoms with Crippen molar-refractivity contribution in [2.75, 3.05) is 45.8 Å². The minimum absolute atomic E-state index is 0.0471. The minimum atomic E-state index is -0.278. The van der Waals surface area contributed by atoms with Crippen LogP contribution in [0.3, 0.4) is 0 Å². The number of carbonyl (C=O) groups is 2. The Hall–Kier alpha value is -1.99. The lowest BCUT2D eigenvalue weighted by Gasteiger charge is -2.26. The molecule has 1 saturated heterocycles. The highest BCUT2D eigenvalue weighted by molar-refractivity contribution is 6.32. The molecule has 0 aliphatic carbocycles. The lowest BCUT2D eigenvalue weighted by Crippen LogP contribution is -2.40. The number of hydrogen-bond donors (Lipinski definition) is 1. The molecule has 1 fully saturated rings. The maximum Gasteiger partial charge on any atom is 0.224 e. The molecule has 1 aliphatic rings. The Morgan fingerprint density at radius 2 is 1.83 bits per heavy atom. The second-order valence-electron chi connectivity index (χ2n) is 5.23. The number of anilines is 1. The molecule has 132 valence electrons. The molecule has 24 heavy (non-hydrogen) atoms. The first-order valence-electron chi connectivity index (χ1n) is 7.62. The summed E-state index contributed by atoms with van der Waals surface area (Å²) in [4.78, 5) is 25.9. The lowest BCUT2D eigenvalue weighted by molar-refractivity contribution is -0.136. The molecule has 1 aliphatic heterocycles. The summed E-state index contributed by atoms with van der Waals surface area (Å²) in [5.41, 5.74) is 0.447. The van der Waals surface area contributed by atoms with E-state index < -0.39 is 0 Å². The van der Waals surface area contributed by atoms with Gasteiger partial charge in [-0.25, -0.2) is 0 Å². The van der Waals surface area contributed by atoms with Crippen molar-refractivity contribution in [3.63, 3.8) is 0 Å². The van der Waals surface area contributed by atoms with Crippen molar-refractivity contribution in [1.82, 2.24) is 4.90 Å². The number of nitrogens with zero attached hydrogens (tertiary/aromatic N) is 1. The summed E-state index contributed by atoms with van der Waals surface area (Å²) in [6, 6.07) is 3.15. The van der Waals surface area contributed by atoms with Crippen LogP contribution in [0.15, 0.2) is 12.1 Å². The topological polar surface area (TPSA) is 77.1 Å². The predicted molar refractivity (Wildman–Crippen MR) is 89.8 cm³/mol. The van der Waals surface area contributed by atoms with Crippen LogP contribution in [0.1, 0.15) is 12.8 Å². The van der Waals surface area contributed by atoms with E-state index in [1.807, 2.05) is 0 Å². The number of nitrogens with one attached hydrogen (secondary N) is 1.